The van der Waals surface area contributed by atoms with Crippen LogP contribution in [-0.4, -0.2) is 12.5 Å². The van der Waals surface area contributed by atoms with Crippen molar-refractivity contribution >= 4 is 34.4 Å². The molecule has 30 heavy (non-hydrogen) atoms. The van der Waals surface area contributed by atoms with Crippen molar-refractivity contribution in [2.45, 2.75) is 6.92 Å². The maximum atomic E-state index is 13.2. The number of anilines is 1. The van der Waals surface area contributed by atoms with E-state index in [1.165, 1.54) is 0 Å². The van der Waals surface area contributed by atoms with E-state index in [1.54, 1.807) is 48.5 Å². The lowest BCUT2D eigenvalue weighted by atomic mass is 10.0. The minimum absolute atomic E-state index is 0.0901. The number of hydrogen-bond donors (Lipinski definition) is 1. The first-order valence-electron chi connectivity index (χ1n) is 9.32. The molecule has 0 spiro atoms. The van der Waals surface area contributed by atoms with Crippen molar-refractivity contribution in [3.05, 3.63) is 93.6 Å². The van der Waals surface area contributed by atoms with Crippen LogP contribution >= 0.6 is 11.6 Å². The first-order chi connectivity index (χ1) is 14.5. The Balaban J connectivity index is 1.67. The van der Waals surface area contributed by atoms with Crippen molar-refractivity contribution in [2.24, 2.45) is 0 Å². The molecule has 6 heteroatoms. The summed E-state index contributed by atoms with van der Waals surface area (Å²) in [4.78, 5) is 25.7. The van der Waals surface area contributed by atoms with Crippen molar-refractivity contribution in [3.8, 4) is 16.9 Å². The number of ether oxygens (including phenoxy) is 1. The summed E-state index contributed by atoms with van der Waals surface area (Å²) in [5, 5.41) is 3.71. The topological polar surface area (TPSA) is 68.5 Å². The fraction of sp³-hybridized carbons (Fsp3) is 0.0833. The molecule has 0 atom stereocenters. The smallest absolute Gasteiger partial charge is 0.264 e. The summed E-state index contributed by atoms with van der Waals surface area (Å²) >= 11 is 5.85. The Morgan fingerprint density at radius 3 is 2.43 bits per heavy atom. The quantitative estimate of drug-likeness (QED) is 0.467. The molecule has 0 radical (unpaired) electrons. The fourth-order valence-corrected chi connectivity index (χ4v) is 3.18. The van der Waals surface area contributed by atoms with Crippen molar-refractivity contribution in [1.29, 1.82) is 0 Å². The zero-order valence-electron chi connectivity index (χ0n) is 16.1. The van der Waals surface area contributed by atoms with Gasteiger partial charge in [0.1, 0.15) is 11.3 Å². The predicted molar refractivity (Wildman–Crippen MR) is 118 cm³/mol. The number of rotatable bonds is 5. The lowest BCUT2D eigenvalue weighted by molar-refractivity contribution is -0.118. The number of fused-ring (bicyclic) bond motifs is 1. The van der Waals surface area contributed by atoms with Crippen LogP contribution in [0.15, 0.2) is 82.0 Å². The minimum Gasteiger partial charge on any atom is -0.484 e. The molecule has 0 fully saturated rings. The number of nitrogens with one attached hydrogen (secondary N) is 1. The molecule has 0 aliphatic heterocycles. The largest absolute Gasteiger partial charge is 0.484 e. The van der Waals surface area contributed by atoms with E-state index >= 15 is 0 Å². The summed E-state index contributed by atoms with van der Waals surface area (Å²) in [6.45, 7) is 1.72. The summed E-state index contributed by atoms with van der Waals surface area (Å²) in [6.07, 6.45) is 0. The molecule has 0 saturated carbocycles. The molecule has 150 valence electrons. The average molecular weight is 420 g/mol. The summed E-state index contributed by atoms with van der Waals surface area (Å²) < 4.78 is 11.4. The van der Waals surface area contributed by atoms with Crippen LogP contribution in [0.1, 0.15) is 5.56 Å². The molecule has 0 bridgehead atoms. The van der Waals surface area contributed by atoms with Gasteiger partial charge in [-0.15, -0.1) is 0 Å². The molecule has 0 unspecified atom stereocenters. The maximum absolute atomic E-state index is 13.2. The van der Waals surface area contributed by atoms with Gasteiger partial charge in [0.25, 0.3) is 5.91 Å². The van der Waals surface area contributed by atoms with Crippen molar-refractivity contribution in [3.63, 3.8) is 0 Å². The number of carbonyl (C=O) groups excluding carboxylic acids is 1. The zero-order chi connectivity index (χ0) is 21.1. The van der Waals surface area contributed by atoms with E-state index in [4.69, 9.17) is 20.8 Å². The second kappa shape index (κ2) is 8.43. The molecule has 0 aliphatic carbocycles. The van der Waals surface area contributed by atoms with Crippen LogP contribution in [0, 0.1) is 6.92 Å². The van der Waals surface area contributed by atoms with Crippen LogP contribution in [-0.2, 0) is 4.79 Å². The summed E-state index contributed by atoms with van der Waals surface area (Å²) in [6, 6.07) is 21.1. The van der Waals surface area contributed by atoms with E-state index < -0.39 is 5.91 Å². The molecule has 0 aliphatic rings. The van der Waals surface area contributed by atoms with Gasteiger partial charge >= 0.3 is 0 Å². The van der Waals surface area contributed by atoms with E-state index in [9.17, 15) is 9.59 Å². The van der Waals surface area contributed by atoms with Gasteiger partial charge in [0.2, 0.25) is 11.3 Å². The SMILES string of the molecule is Cc1ccc(-c2c(NC(=O)COc3ccc(Cl)cc3)oc3ccccc3c2=O)cc1. The molecular weight excluding hydrogens is 402 g/mol. The Labute approximate surface area is 177 Å². The van der Waals surface area contributed by atoms with E-state index in [1.807, 2.05) is 31.2 Å². The number of aryl methyl sites for hydroxylation is 1. The van der Waals surface area contributed by atoms with Gasteiger partial charge in [-0.1, -0.05) is 53.6 Å². The number of amides is 1. The van der Waals surface area contributed by atoms with Crippen molar-refractivity contribution < 1.29 is 13.9 Å². The van der Waals surface area contributed by atoms with Crippen LogP contribution in [0.4, 0.5) is 5.88 Å². The van der Waals surface area contributed by atoms with Crippen molar-refractivity contribution in [2.75, 3.05) is 11.9 Å². The molecule has 1 N–H and O–H groups in total. The van der Waals surface area contributed by atoms with E-state index in [0.29, 0.717) is 32.9 Å². The number of benzene rings is 3. The first kappa shape index (κ1) is 19.7. The zero-order valence-corrected chi connectivity index (χ0v) is 16.9. The second-order valence-corrected chi connectivity index (χ2v) is 7.22. The highest BCUT2D eigenvalue weighted by molar-refractivity contribution is 6.30. The normalized spacial score (nSPS) is 10.7. The molecule has 5 nitrogen and oxygen atoms in total. The third-order valence-electron chi connectivity index (χ3n) is 4.57. The van der Waals surface area contributed by atoms with Crippen LogP contribution in [0.25, 0.3) is 22.1 Å². The Morgan fingerprint density at radius 1 is 1.00 bits per heavy atom. The first-order valence-corrected chi connectivity index (χ1v) is 9.70. The summed E-state index contributed by atoms with van der Waals surface area (Å²) in [5.41, 5.74) is 2.20. The summed E-state index contributed by atoms with van der Waals surface area (Å²) in [7, 11) is 0. The highest BCUT2D eigenvalue weighted by Gasteiger charge is 2.18. The maximum Gasteiger partial charge on any atom is 0.264 e. The highest BCUT2D eigenvalue weighted by Crippen LogP contribution is 2.29. The lowest BCUT2D eigenvalue weighted by Gasteiger charge is -2.12. The molecule has 3 aromatic carbocycles. The van der Waals surface area contributed by atoms with Gasteiger partial charge in [0, 0.05) is 5.02 Å². The monoisotopic (exact) mass is 419 g/mol. The van der Waals surface area contributed by atoms with Crippen LogP contribution in [0.3, 0.4) is 0 Å². The molecule has 4 aromatic rings. The minimum atomic E-state index is -0.447. The molecule has 1 aromatic heterocycles. The molecular formula is C24H18ClNO4. The Hall–Kier alpha value is -3.57. The Bertz CT molecular complexity index is 1260. The van der Waals surface area contributed by atoms with Crippen LogP contribution in [0.5, 0.6) is 5.75 Å². The predicted octanol–water partition coefficient (Wildman–Crippen LogP) is 5.44. The third kappa shape index (κ3) is 4.21. The molecule has 0 saturated heterocycles. The fourth-order valence-electron chi connectivity index (χ4n) is 3.05. The Kier molecular flexibility index (Phi) is 5.55. The Morgan fingerprint density at radius 2 is 1.70 bits per heavy atom. The van der Waals surface area contributed by atoms with Gasteiger partial charge in [-0.3, -0.25) is 14.9 Å². The van der Waals surface area contributed by atoms with Crippen LogP contribution in [0.2, 0.25) is 5.02 Å². The van der Waals surface area contributed by atoms with Gasteiger partial charge < -0.3 is 9.15 Å². The van der Waals surface area contributed by atoms with Crippen molar-refractivity contribution in [1.82, 2.24) is 0 Å². The second-order valence-electron chi connectivity index (χ2n) is 6.79. The molecule has 1 heterocycles. The van der Waals surface area contributed by atoms with E-state index in [-0.39, 0.29) is 17.9 Å². The van der Waals surface area contributed by atoms with Gasteiger partial charge in [0.15, 0.2) is 6.61 Å². The average Bonchev–Trinajstić information content (AvgIpc) is 2.75. The van der Waals surface area contributed by atoms with Gasteiger partial charge in [-0.05, 0) is 48.9 Å². The molecule has 4 rings (SSSR count). The summed E-state index contributed by atoms with van der Waals surface area (Å²) in [5.74, 6) is 0.150. The third-order valence-corrected chi connectivity index (χ3v) is 4.83. The van der Waals surface area contributed by atoms with Gasteiger partial charge in [-0.25, -0.2) is 0 Å². The lowest BCUT2D eigenvalue weighted by Crippen LogP contribution is -2.22. The standard InChI is InChI=1S/C24H18ClNO4/c1-15-6-8-16(9-7-15)22-23(28)19-4-2-3-5-20(19)30-24(22)26-21(27)14-29-18-12-10-17(25)11-13-18/h2-13H,14H2,1H3,(H,26,27). The van der Waals surface area contributed by atoms with Crippen LogP contribution < -0.4 is 15.5 Å². The van der Waals surface area contributed by atoms with E-state index in [0.717, 1.165) is 5.56 Å². The highest BCUT2D eigenvalue weighted by atomic mass is 35.5. The van der Waals surface area contributed by atoms with Gasteiger partial charge in [-0.2, -0.15) is 0 Å². The molecule has 1 amide bonds. The van der Waals surface area contributed by atoms with Gasteiger partial charge in [0.05, 0.1) is 10.9 Å². The number of halogens is 1. The number of hydrogen-bond acceptors (Lipinski definition) is 4. The number of carbonyl (C=O) groups is 1. The van der Waals surface area contributed by atoms with E-state index in [2.05, 4.69) is 5.32 Å². The number of para-hydroxylation sites is 1.